The van der Waals surface area contributed by atoms with Crippen molar-refractivity contribution in [3.63, 3.8) is 0 Å². The second-order valence-electron chi connectivity index (χ2n) is 6.27. The van der Waals surface area contributed by atoms with Crippen LogP contribution >= 0.6 is 0 Å². The maximum Gasteiger partial charge on any atom is 0.409 e. The summed E-state index contributed by atoms with van der Waals surface area (Å²) in [6.45, 7) is 4.74. The van der Waals surface area contributed by atoms with Crippen LogP contribution in [0.25, 0.3) is 0 Å². The first-order valence-electron chi connectivity index (χ1n) is 8.40. The molecule has 0 aromatic rings. The molecule has 0 N–H and O–H groups in total. The molecule has 0 bridgehead atoms. The molecule has 10 heteroatoms. The molecule has 1 atom stereocenters. The molecule has 3 amide bonds. The summed E-state index contributed by atoms with van der Waals surface area (Å²) in [5, 5.41) is 0. The number of ether oxygens (including phenoxy) is 1. The Morgan fingerprint density at radius 1 is 1.12 bits per heavy atom. The van der Waals surface area contributed by atoms with E-state index in [2.05, 4.69) is 0 Å². The molecule has 1 unspecified atom stereocenters. The van der Waals surface area contributed by atoms with Gasteiger partial charge in [0.1, 0.15) is 6.54 Å². The van der Waals surface area contributed by atoms with E-state index in [4.69, 9.17) is 4.74 Å². The van der Waals surface area contributed by atoms with Crippen molar-refractivity contribution in [3.8, 4) is 0 Å². The van der Waals surface area contributed by atoms with Crippen LogP contribution in [0.5, 0.6) is 0 Å². The Bertz CT molecular complexity index is 627. The summed E-state index contributed by atoms with van der Waals surface area (Å²) in [6, 6.07) is -0.438. The lowest BCUT2D eigenvalue weighted by molar-refractivity contribution is -0.141. The fourth-order valence-electron chi connectivity index (χ4n) is 3.12. The first-order valence-corrected chi connectivity index (χ1v) is 10.2. The average Bonchev–Trinajstić information content (AvgIpc) is 2.92. The minimum atomic E-state index is -3.13. The van der Waals surface area contributed by atoms with Crippen molar-refractivity contribution in [3.05, 3.63) is 0 Å². The summed E-state index contributed by atoms with van der Waals surface area (Å²) < 4.78 is 28.2. The lowest BCUT2D eigenvalue weighted by atomic mass is 10.2. The van der Waals surface area contributed by atoms with Gasteiger partial charge in [0.15, 0.2) is 9.84 Å². The van der Waals surface area contributed by atoms with Crippen molar-refractivity contribution < 1.29 is 27.5 Å². The van der Waals surface area contributed by atoms with E-state index in [0.717, 1.165) is 0 Å². The molecule has 0 saturated carbocycles. The Morgan fingerprint density at radius 2 is 1.72 bits per heavy atom. The summed E-state index contributed by atoms with van der Waals surface area (Å²) in [7, 11) is -3.13. The molecule has 142 valence electrons. The Hall–Kier alpha value is -1.84. The van der Waals surface area contributed by atoms with Crippen LogP contribution in [0.2, 0.25) is 0 Å². The number of carbonyl (C=O) groups is 3. The van der Waals surface area contributed by atoms with E-state index in [1.807, 2.05) is 0 Å². The summed E-state index contributed by atoms with van der Waals surface area (Å²) in [5.74, 6) is -0.576. The Labute approximate surface area is 147 Å². The molecule has 2 aliphatic heterocycles. The largest absolute Gasteiger partial charge is 0.450 e. The van der Waals surface area contributed by atoms with Crippen LogP contribution < -0.4 is 0 Å². The highest BCUT2D eigenvalue weighted by atomic mass is 32.2. The maximum atomic E-state index is 12.5. The third-order valence-electron chi connectivity index (χ3n) is 4.52. The zero-order valence-electron chi connectivity index (χ0n) is 14.6. The zero-order chi connectivity index (χ0) is 18.6. The van der Waals surface area contributed by atoms with Crippen molar-refractivity contribution in [2.24, 2.45) is 0 Å². The van der Waals surface area contributed by atoms with Gasteiger partial charge in [-0.1, -0.05) is 0 Å². The Balaban J connectivity index is 1.90. The van der Waals surface area contributed by atoms with Crippen LogP contribution in [0.15, 0.2) is 0 Å². The smallest absolute Gasteiger partial charge is 0.409 e. The minimum absolute atomic E-state index is 0.0495. The van der Waals surface area contributed by atoms with Gasteiger partial charge in [-0.05, 0) is 13.3 Å². The third-order valence-corrected chi connectivity index (χ3v) is 6.27. The van der Waals surface area contributed by atoms with Crippen LogP contribution in [0, 0.1) is 0 Å². The van der Waals surface area contributed by atoms with E-state index in [1.165, 1.54) is 11.8 Å². The number of amides is 3. The van der Waals surface area contributed by atoms with Gasteiger partial charge in [-0.25, -0.2) is 13.2 Å². The van der Waals surface area contributed by atoms with Gasteiger partial charge in [-0.3, -0.25) is 9.59 Å². The van der Waals surface area contributed by atoms with Crippen LogP contribution in [-0.4, -0.2) is 97.9 Å². The van der Waals surface area contributed by atoms with Gasteiger partial charge in [0.2, 0.25) is 11.8 Å². The highest BCUT2D eigenvalue weighted by molar-refractivity contribution is 7.91. The molecule has 0 aromatic heterocycles. The monoisotopic (exact) mass is 375 g/mol. The van der Waals surface area contributed by atoms with E-state index in [1.54, 1.807) is 16.7 Å². The highest BCUT2D eigenvalue weighted by Crippen LogP contribution is 2.18. The number of hydrogen-bond donors (Lipinski definition) is 0. The lowest BCUT2D eigenvalue weighted by Gasteiger charge is -2.36. The molecule has 0 aliphatic carbocycles. The van der Waals surface area contributed by atoms with Gasteiger partial charge in [0, 0.05) is 39.1 Å². The fourth-order valence-corrected chi connectivity index (χ4v) is 4.85. The highest BCUT2D eigenvalue weighted by Gasteiger charge is 2.35. The van der Waals surface area contributed by atoms with Crippen molar-refractivity contribution in [2.45, 2.75) is 26.3 Å². The molecule has 2 fully saturated rings. The first kappa shape index (κ1) is 19.5. The van der Waals surface area contributed by atoms with E-state index < -0.39 is 22.0 Å². The molecule has 2 rings (SSSR count). The van der Waals surface area contributed by atoms with Gasteiger partial charge < -0.3 is 19.4 Å². The number of rotatable bonds is 4. The van der Waals surface area contributed by atoms with E-state index in [0.29, 0.717) is 39.2 Å². The number of carbonyl (C=O) groups excluding carboxylic acids is 3. The first-order chi connectivity index (χ1) is 11.7. The summed E-state index contributed by atoms with van der Waals surface area (Å²) >= 11 is 0. The van der Waals surface area contributed by atoms with Crippen LogP contribution in [0.3, 0.4) is 0 Å². The summed E-state index contributed by atoms with van der Waals surface area (Å²) in [6.07, 6.45) is -0.0256. The van der Waals surface area contributed by atoms with Crippen molar-refractivity contribution >= 4 is 27.7 Å². The van der Waals surface area contributed by atoms with Crippen LogP contribution in [-0.2, 0) is 24.2 Å². The van der Waals surface area contributed by atoms with Crippen LogP contribution in [0.4, 0.5) is 4.79 Å². The molecule has 0 aromatic carbocycles. The maximum absolute atomic E-state index is 12.5. The number of sulfone groups is 1. The van der Waals surface area contributed by atoms with Crippen molar-refractivity contribution in [1.29, 1.82) is 0 Å². The minimum Gasteiger partial charge on any atom is -0.450 e. The molecule has 2 aliphatic rings. The second kappa shape index (κ2) is 8.03. The van der Waals surface area contributed by atoms with Gasteiger partial charge in [0.05, 0.1) is 18.1 Å². The number of nitrogens with zero attached hydrogens (tertiary/aromatic N) is 3. The fraction of sp³-hybridized carbons (Fsp3) is 0.800. The molecule has 9 nitrogen and oxygen atoms in total. The molecule has 0 radical (unpaired) electrons. The molecule has 25 heavy (non-hydrogen) atoms. The topological polar surface area (TPSA) is 104 Å². The van der Waals surface area contributed by atoms with E-state index in [-0.39, 0.29) is 29.9 Å². The molecule has 2 saturated heterocycles. The van der Waals surface area contributed by atoms with Gasteiger partial charge in [-0.2, -0.15) is 0 Å². The zero-order valence-corrected chi connectivity index (χ0v) is 15.5. The average molecular weight is 375 g/mol. The van der Waals surface area contributed by atoms with Gasteiger partial charge in [0.25, 0.3) is 0 Å². The van der Waals surface area contributed by atoms with Gasteiger partial charge >= 0.3 is 6.09 Å². The van der Waals surface area contributed by atoms with Crippen LogP contribution in [0.1, 0.15) is 20.3 Å². The SMILES string of the molecule is CCOC(=O)N1CCN(C(=O)CN(C(C)=O)C2CCS(=O)(=O)C2)CC1. The quantitative estimate of drug-likeness (QED) is 0.645. The molecule has 0 spiro atoms. The van der Waals surface area contributed by atoms with Crippen molar-refractivity contribution in [1.82, 2.24) is 14.7 Å². The van der Waals surface area contributed by atoms with Crippen molar-refractivity contribution in [2.75, 3.05) is 50.8 Å². The number of piperazine rings is 1. The Kier molecular flexibility index (Phi) is 6.26. The molecule has 2 heterocycles. The standard InChI is InChI=1S/C15H25N3O6S/c1-3-24-15(21)17-7-5-16(6-8-17)14(20)10-18(12(2)19)13-4-9-25(22,23)11-13/h13H,3-11H2,1-2H3. The third kappa shape index (κ3) is 5.07. The van der Waals surface area contributed by atoms with Gasteiger partial charge in [-0.15, -0.1) is 0 Å². The Morgan fingerprint density at radius 3 is 2.20 bits per heavy atom. The summed E-state index contributed by atoms with van der Waals surface area (Å²) in [5.41, 5.74) is 0. The second-order valence-corrected chi connectivity index (χ2v) is 8.50. The normalized spacial score (nSPS) is 22.6. The lowest BCUT2D eigenvalue weighted by Crippen LogP contribution is -2.54. The number of hydrogen-bond acceptors (Lipinski definition) is 6. The predicted molar refractivity (Wildman–Crippen MR) is 89.6 cm³/mol. The van der Waals surface area contributed by atoms with E-state index >= 15 is 0 Å². The van der Waals surface area contributed by atoms with E-state index in [9.17, 15) is 22.8 Å². The molecular weight excluding hydrogens is 350 g/mol. The predicted octanol–water partition coefficient (Wildman–Crippen LogP) is -0.677. The summed E-state index contributed by atoms with van der Waals surface area (Å²) in [4.78, 5) is 40.5. The molecular formula is C15H25N3O6S.